The van der Waals surface area contributed by atoms with Crippen LogP contribution in [0.25, 0.3) is 11.3 Å². The first-order valence-electron chi connectivity index (χ1n) is 8.43. The summed E-state index contributed by atoms with van der Waals surface area (Å²) < 4.78 is 11.2. The van der Waals surface area contributed by atoms with E-state index in [0.29, 0.717) is 6.61 Å². The van der Waals surface area contributed by atoms with E-state index in [2.05, 4.69) is 20.3 Å². The molecule has 4 rings (SSSR count). The molecule has 7 nitrogen and oxygen atoms in total. The van der Waals surface area contributed by atoms with E-state index in [4.69, 9.17) is 14.2 Å². The number of rotatable bonds is 4. The molecule has 0 amide bonds. The fourth-order valence-electron chi connectivity index (χ4n) is 3.26. The fraction of sp³-hybridized carbons (Fsp3) is 0.389. The maximum Gasteiger partial charge on any atom is 0.143 e. The highest BCUT2D eigenvalue weighted by molar-refractivity contribution is 5.63. The third kappa shape index (κ3) is 3.33. The van der Waals surface area contributed by atoms with Crippen LogP contribution >= 0.6 is 0 Å². The monoisotopic (exact) mass is 339 g/mol. The summed E-state index contributed by atoms with van der Waals surface area (Å²) >= 11 is 0. The highest BCUT2D eigenvalue weighted by Gasteiger charge is 2.24. The predicted molar refractivity (Wildman–Crippen MR) is 91.8 cm³/mol. The molecular formula is C18H21N5O2. The molecule has 1 fully saturated rings. The van der Waals surface area contributed by atoms with Gasteiger partial charge >= 0.3 is 0 Å². The van der Waals surface area contributed by atoms with Gasteiger partial charge in [0.05, 0.1) is 29.3 Å². The molecule has 1 aliphatic heterocycles. The molecule has 7 heteroatoms. The van der Waals surface area contributed by atoms with E-state index in [1.54, 1.807) is 6.20 Å². The number of aryl methyl sites for hydroxylation is 2. The Labute approximate surface area is 146 Å². The summed E-state index contributed by atoms with van der Waals surface area (Å²) in [7, 11) is 0. The highest BCUT2D eigenvalue weighted by atomic mass is 16.5. The zero-order chi connectivity index (χ0) is 17.2. The number of hydrogen-bond donors (Lipinski definition) is 1. The third-order valence-corrected chi connectivity index (χ3v) is 4.49. The Kier molecular flexibility index (Phi) is 4.33. The molecule has 0 saturated carbocycles. The van der Waals surface area contributed by atoms with Crippen LogP contribution in [-0.2, 0) is 11.3 Å². The van der Waals surface area contributed by atoms with Crippen molar-refractivity contribution < 1.29 is 9.26 Å². The van der Waals surface area contributed by atoms with Gasteiger partial charge in [-0.25, -0.2) is 4.98 Å². The van der Waals surface area contributed by atoms with Crippen LogP contribution < -0.4 is 0 Å². The topological polar surface area (TPSA) is 80.1 Å². The van der Waals surface area contributed by atoms with Gasteiger partial charge in [0.2, 0.25) is 0 Å². The molecule has 0 aromatic carbocycles. The lowest BCUT2D eigenvalue weighted by Gasteiger charge is -2.32. The highest BCUT2D eigenvalue weighted by Crippen LogP contribution is 2.28. The van der Waals surface area contributed by atoms with Crippen molar-refractivity contribution in [2.75, 3.05) is 19.7 Å². The second-order valence-electron chi connectivity index (χ2n) is 6.32. The van der Waals surface area contributed by atoms with E-state index in [-0.39, 0.29) is 6.10 Å². The molecule has 1 atom stereocenters. The van der Waals surface area contributed by atoms with E-state index in [9.17, 15) is 0 Å². The number of aromatic nitrogens is 4. The summed E-state index contributed by atoms with van der Waals surface area (Å²) in [5.41, 5.74) is 4.74. The van der Waals surface area contributed by atoms with Gasteiger partial charge in [-0.05, 0) is 32.0 Å². The molecule has 1 saturated heterocycles. The fourth-order valence-corrected chi connectivity index (χ4v) is 3.26. The molecule has 3 aromatic heterocycles. The smallest absolute Gasteiger partial charge is 0.143 e. The molecule has 0 spiro atoms. The third-order valence-electron chi connectivity index (χ3n) is 4.49. The van der Waals surface area contributed by atoms with Gasteiger partial charge in [0.15, 0.2) is 0 Å². The van der Waals surface area contributed by atoms with Gasteiger partial charge in [0, 0.05) is 31.5 Å². The van der Waals surface area contributed by atoms with E-state index >= 15 is 0 Å². The Morgan fingerprint density at radius 3 is 2.96 bits per heavy atom. The molecule has 3 aromatic rings. The minimum Gasteiger partial charge on any atom is -0.369 e. The zero-order valence-corrected chi connectivity index (χ0v) is 14.4. The van der Waals surface area contributed by atoms with Crippen molar-refractivity contribution in [3.63, 3.8) is 0 Å². The van der Waals surface area contributed by atoms with E-state index < -0.39 is 0 Å². The second-order valence-corrected chi connectivity index (χ2v) is 6.32. The second kappa shape index (κ2) is 6.78. The molecule has 130 valence electrons. The minimum atomic E-state index is -0.0444. The van der Waals surface area contributed by atoms with Crippen LogP contribution in [0.3, 0.4) is 0 Å². The predicted octanol–water partition coefficient (Wildman–Crippen LogP) is 2.65. The largest absolute Gasteiger partial charge is 0.369 e. The van der Waals surface area contributed by atoms with Crippen molar-refractivity contribution >= 4 is 0 Å². The average molecular weight is 339 g/mol. The molecule has 0 aliphatic carbocycles. The molecular weight excluding hydrogens is 318 g/mol. The summed E-state index contributed by atoms with van der Waals surface area (Å²) in [4.78, 5) is 7.17. The van der Waals surface area contributed by atoms with Crippen LogP contribution in [0, 0.1) is 13.8 Å². The van der Waals surface area contributed by atoms with Gasteiger partial charge < -0.3 is 9.26 Å². The van der Waals surface area contributed by atoms with Crippen LogP contribution in [-0.4, -0.2) is 44.9 Å². The zero-order valence-electron chi connectivity index (χ0n) is 14.4. The normalized spacial score (nSPS) is 18.6. The Bertz CT molecular complexity index is 824. The summed E-state index contributed by atoms with van der Waals surface area (Å²) in [5.74, 6) is 0.785. The lowest BCUT2D eigenvalue weighted by atomic mass is 10.1. The van der Waals surface area contributed by atoms with Gasteiger partial charge in [-0.15, -0.1) is 0 Å². The Balaban J connectivity index is 1.54. The van der Waals surface area contributed by atoms with Crippen LogP contribution in [0.4, 0.5) is 0 Å². The number of H-pyrrole nitrogens is 1. The summed E-state index contributed by atoms with van der Waals surface area (Å²) in [6.07, 6.45) is 1.74. The Morgan fingerprint density at radius 1 is 1.28 bits per heavy atom. The molecule has 0 radical (unpaired) electrons. The van der Waals surface area contributed by atoms with Crippen molar-refractivity contribution in [3.8, 4) is 11.3 Å². The summed E-state index contributed by atoms with van der Waals surface area (Å²) in [6, 6.07) is 8.02. The first-order valence-corrected chi connectivity index (χ1v) is 8.43. The number of aromatic amines is 1. The van der Waals surface area contributed by atoms with E-state index in [0.717, 1.165) is 53.7 Å². The van der Waals surface area contributed by atoms with Crippen LogP contribution in [0.2, 0.25) is 0 Å². The Morgan fingerprint density at radius 2 is 2.20 bits per heavy atom. The Hall–Kier alpha value is -2.51. The van der Waals surface area contributed by atoms with E-state index in [1.807, 2.05) is 38.1 Å². The molecule has 25 heavy (non-hydrogen) atoms. The maximum absolute atomic E-state index is 5.98. The molecule has 1 aliphatic rings. The minimum absolute atomic E-state index is 0.0444. The quantitative estimate of drug-likeness (QED) is 0.787. The standard InChI is InChI=1S/C18H21N5O2/c1-12-18(13(2)25-22-12)16-5-3-4-15(20-16)17-11-23(8-9-24-17)10-14-6-7-19-21-14/h3-7,17H,8-11H2,1-2H3,(H,19,21)/t17-/m0/s1. The van der Waals surface area contributed by atoms with Gasteiger partial charge in [-0.2, -0.15) is 5.10 Å². The van der Waals surface area contributed by atoms with Crippen molar-refractivity contribution in [1.82, 2.24) is 25.2 Å². The number of nitrogens with zero attached hydrogens (tertiary/aromatic N) is 4. The van der Waals surface area contributed by atoms with Gasteiger partial charge in [-0.3, -0.25) is 10.00 Å². The van der Waals surface area contributed by atoms with Crippen molar-refractivity contribution in [3.05, 3.63) is 53.3 Å². The molecule has 1 N–H and O–H groups in total. The number of hydrogen-bond acceptors (Lipinski definition) is 6. The lowest BCUT2D eigenvalue weighted by molar-refractivity contribution is -0.0353. The SMILES string of the molecule is Cc1noc(C)c1-c1cccc([C@@H]2CN(Cc3ccn[nH]3)CCO2)n1. The average Bonchev–Trinajstić information content (AvgIpc) is 3.25. The first-order chi connectivity index (χ1) is 12.2. The van der Waals surface area contributed by atoms with Crippen LogP contribution in [0.1, 0.15) is 28.9 Å². The number of morpholine rings is 1. The van der Waals surface area contributed by atoms with Gasteiger partial charge in [-0.1, -0.05) is 11.2 Å². The van der Waals surface area contributed by atoms with Crippen molar-refractivity contribution in [2.24, 2.45) is 0 Å². The number of ether oxygens (including phenoxy) is 1. The van der Waals surface area contributed by atoms with Crippen molar-refractivity contribution in [2.45, 2.75) is 26.5 Å². The number of nitrogens with one attached hydrogen (secondary N) is 1. The van der Waals surface area contributed by atoms with Gasteiger partial charge in [0.25, 0.3) is 0 Å². The molecule has 0 unspecified atom stereocenters. The van der Waals surface area contributed by atoms with Crippen molar-refractivity contribution in [1.29, 1.82) is 0 Å². The van der Waals surface area contributed by atoms with E-state index in [1.165, 1.54) is 0 Å². The van der Waals surface area contributed by atoms with Crippen LogP contribution in [0.5, 0.6) is 0 Å². The molecule has 0 bridgehead atoms. The first kappa shape index (κ1) is 16.0. The maximum atomic E-state index is 5.98. The number of pyridine rings is 1. The summed E-state index contributed by atoms with van der Waals surface area (Å²) in [6.45, 7) is 7.08. The van der Waals surface area contributed by atoms with Crippen LogP contribution in [0.15, 0.2) is 35.0 Å². The molecule has 4 heterocycles. The summed E-state index contributed by atoms with van der Waals surface area (Å²) in [5, 5.41) is 11.0. The van der Waals surface area contributed by atoms with Gasteiger partial charge in [0.1, 0.15) is 11.9 Å². The lowest BCUT2D eigenvalue weighted by Crippen LogP contribution is -2.38.